The van der Waals surface area contributed by atoms with Crippen molar-refractivity contribution in [3.8, 4) is 40.2 Å². The molecule has 1 saturated carbocycles. The molecule has 1 saturated heterocycles. The molecule has 2 bridgehead atoms. The van der Waals surface area contributed by atoms with Crippen molar-refractivity contribution in [3.63, 3.8) is 0 Å². The zero-order valence-electron chi connectivity index (χ0n) is 30.9. The van der Waals surface area contributed by atoms with Gasteiger partial charge in [0.15, 0.2) is 34.5 Å². The number of halogens is 1. The maximum absolute atomic E-state index is 12.9. The van der Waals surface area contributed by atoms with Gasteiger partial charge in [0.05, 0.1) is 40.6 Å². The average molecular weight is 751 g/mol. The molecule has 3 aromatic carbocycles. The molecule has 12 nitrogen and oxygen atoms in total. The number of hydrogen-bond donors (Lipinski definition) is 1. The second kappa shape index (κ2) is 13.3. The number of cyclic esters (lactones) is 1. The van der Waals surface area contributed by atoms with Crippen LogP contribution in [-0.4, -0.2) is 102 Å². The minimum atomic E-state index is -0.523. The summed E-state index contributed by atoms with van der Waals surface area (Å²) in [5, 5.41) is 10.6. The van der Waals surface area contributed by atoms with Crippen LogP contribution in [0.1, 0.15) is 69.6 Å². The summed E-state index contributed by atoms with van der Waals surface area (Å²) in [7, 11) is 10.7. The molecule has 2 aliphatic carbocycles. The summed E-state index contributed by atoms with van der Waals surface area (Å²) in [6.07, 6.45) is 4.00. The van der Waals surface area contributed by atoms with E-state index < -0.39 is 12.1 Å². The molecule has 0 radical (unpaired) electrons. The van der Waals surface area contributed by atoms with Crippen LogP contribution in [0, 0.1) is 5.92 Å². The van der Waals surface area contributed by atoms with Gasteiger partial charge in [0.1, 0.15) is 17.8 Å². The Kier molecular flexibility index (Phi) is 9.03. The Bertz CT molecular complexity index is 1960. The van der Waals surface area contributed by atoms with Crippen LogP contribution >= 0.6 is 12.4 Å². The van der Waals surface area contributed by atoms with E-state index in [1.165, 1.54) is 18.2 Å². The van der Waals surface area contributed by atoms with E-state index in [1.807, 2.05) is 25.2 Å². The lowest BCUT2D eigenvalue weighted by Crippen LogP contribution is -2.66. The van der Waals surface area contributed by atoms with Crippen molar-refractivity contribution in [2.45, 2.75) is 67.9 Å². The summed E-state index contributed by atoms with van der Waals surface area (Å²) in [4.78, 5) is 17.6. The van der Waals surface area contributed by atoms with Crippen LogP contribution in [0.15, 0.2) is 30.3 Å². The number of carbonyl (C=O) groups is 1. The van der Waals surface area contributed by atoms with Crippen molar-refractivity contribution in [3.05, 3.63) is 63.7 Å². The third kappa shape index (κ3) is 5.01. The van der Waals surface area contributed by atoms with Crippen molar-refractivity contribution in [2.75, 3.05) is 62.4 Å². The van der Waals surface area contributed by atoms with Crippen LogP contribution in [0.3, 0.4) is 0 Å². The minimum absolute atomic E-state index is 0. The first-order valence-corrected chi connectivity index (χ1v) is 18.2. The average Bonchev–Trinajstić information content (AvgIpc) is 3.87. The molecule has 13 heteroatoms. The van der Waals surface area contributed by atoms with Gasteiger partial charge in [-0.3, -0.25) is 4.90 Å². The molecule has 5 aliphatic heterocycles. The number of hydrogen-bond acceptors (Lipinski definition) is 12. The van der Waals surface area contributed by atoms with E-state index in [4.69, 9.17) is 37.9 Å². The molecule has 7 aliphatic rings. The molecule has 284 valence electrons. The predicted octanol–water partition coefficient (Wildman–Crippen LogP) is 5.03. The van der Waals surface area contributed by atoms with Crippen molar-refractivity contribution in [1.29, 1.82) is 0 Å². The first kappa shape index (κ1) is 35.9. The molecule has 53 heavy (non-hydrogen) atoms. The summed E-state index contributed by atoms with van der Waals surface area (Å²) in [5.74, 6) is 4.70. The van der Waals surface area contributed by atoms with E-state index in [1.54, 1.807) is 27.4 Å². The maximum atomic E-state index is 12.9. The van der Waals surface area contributed by atoms with Crippen LogP contribution in [-0.2, 0) is 23.0 Å². The number of methoxy groups -OCH3 is 4. The summed E-state index contributed by atoms with van der Waals surface area (Å²) >= 11 is 0. The standard InChI is InChI=1S/C22H23NO7.C18H23NO3.ClH/c1-23-8-7-11-9-14-20(29-10-28-14)21(27-4)15(11)17(23)18-12-5-6-13(25-2)19(26-3)16(12)22(24)30-18;1-19-8-7-18-11-4-5-13(20)17(18)22-16-14(21-2)6-3-10(15(16)18)9-12(11)19;/h5-6,9,17-18H,7-8,10H2,1-4H3;3,6,11-13,17,20H,4-5,7-9H2,1-2H3;1H/t17-,18+;11-,12+,13-,17-,18-;/m10./s1. The fourth-order valence-electron chi connectivity index (χ4n) is 10.6. The molecule has 1 N–H and O–H groups in total. The van der Waals surface area contributed by atoms with E-state index in [9.17, 15) is 9.90 Å². The number of aliphatic hydroxyl groups excluding tert-OH is 1. The highest BCUT2D eigenvalue weighted by atomic mass is 35.5. The van der Waals surface area contributed by atoms with Crippen molar-refractivity contribution < 1.29 is 47.8 Å². The van der Waals surface area contributed by atoms with E-state index in [2.05, 4.69) is 22.9 Å². The summed E-state index contributed by atoms with van der Waals surface area (Å²) in [5.41, 5.74) is 6.00. The van der Waals surface area contributed by atoms with E-state index >= 15 is 0 Å². The quantitative estimate of drug-likeness (QED) is 0.353. The van der Waals surface area contributed by atoms with Crippen molar-refractivity contribution >= 4 is 18.4 Å². The zero-order valence-corrected chi connectivity index (χ0v) is 31.7. The number of piperidine rings is 1. The van der Waals surface area contributed by atoms with Gasteiger partial charge in [-0.15, -0.1) is 12.4 Å². The Morgan fingerprint density at radius 1 is 0.849 bits per heavy atom. The van der Waals surface area contributed by atoms with Gasteiger partial charge in [0.2, 0.25) is 12.5 Å². The highest BCUT2D eigenvalue weighted by Gasteiger charge is 2.65. The molecule has 10 rings (SSSR count). The van der Waals surface area contributed by atoms with E-state index in [-0.39, 0.29) is 42.9 Å². The van der Waals surface area contributed by atoms with Crippen molar-refractivity contribution in [1.82, 2.24) is 9.80 Å². The van der Waals surface area contributed by atoms with Gasteiger partial charge in [-0.05, 0) is 88.0 Å². The number of esters is 1. The molecule has 3 aromatic rings. The number of carbonyl (C=O) groups excluding carboxylic acids is 1. The molecule has 0 aromatic heterocycles. The number of aliphatic hydroxyl groups is 1. The molecular weight excluding hydrogens is 704 g/mol. The summed E-state index contributed by atoms with van der Waals surface area (Å²) < 4.78 is 45.7. The normalized spacial score (nSPS) is 29.6. The largest absolute Gasteiger partial charge is 0.493 e. The lowest BCUT2D eigenvalue weighted by Gasteiger charge is -2.58. The molecule has 0 amide bonds. The fraction of sp³-hybridized carbons (Fsp3) is 0.525. The van der Waals surface area contributed by atoms with Gasteiger partial charge in [0, 0.05) is 34.7 Å². The fourth-order valence-corrected chi connectivity index (χ4v) is 10.6. The molecule has 5 heterocycles. The first-order valence-electron chi connectivity index (χ1n) is 18.2. The van der Waals surface area contributed by atoms with Gasteiger partial charge in [-0.25, -0.2) is 4.79 Å². The van der Waals surface area contributed by atoms with Gasteiger partial charge in [0.25, 0.3) is 0 Å². The van der Waals surface area contributed by atoms with Gasteiger partial charge in [-0.2, -0.15) is 0 Å². The zero-order chi connectivity index (χ0) is 36.1. The van der Waals surface area contributed by atoms with Crippen LogP contribution in [0.4, 0.5) is 0 Å². The lowest BCUT2D eigenvalue weighted by molar-refractivity contribution is -0.0993. The Hall–Kier alpha value is -4.10. The molecule has 1 spiro atoms. The number of nitrogens with zero attached hydrogens (tertiary/aromatic N) is 2. The monoisotopic (exact) mass is 750 g/mol. The number of likely N-dealkylation sites (N-methyl/N-ethyl adjacent to an activating group) is 2. The Morgan fingerprint density at radius 3 is 2.38 bits per heavy atom. The predicted molar refractivity (Wildman–Crippen MR) is 196 cm³/mol. The highest BCUT2D eigenvalue weighted by molar-refractivity contribution is 5.98. The van der Waals surface area contributed by atoms with Crippen LogP contribution in [0.2, 0.25) is 0 Å². The first-order chi connectivity index (χ1) is 25.2. The molecule has 2 fully saturated rings. The Morgan fingerprint density at radius 2 is 1.62 bits per heavy atom. The number of benzene rings is 3. The minimum Gasteiger partial charge on any atom is -0.493 e. The van der Waals surface area contributed by atoms with Gasteiger partial charge < -0.3 is 47.9 Å². The van der Waals surface area contributed by atoms with Crippen molar-refractivity contribution in [2.24, 2.45) is 5.92 Å². The van der Waals surface area contributed by atoms with E-state index in [0.29, 0.717) is 46.3 Å². The maximum Gasteiger partial charge on any atom is 0.343 e. The second-order valence-corrected chi connectivity index (χ2v) is 14.9. The van der Waals surface area contributed by atoms with Crippen LogP contribution in [0.5, 0.6) is 40.2 Å². The number of fused-ring (bicyclic) bond motifs is 3. The third-order valence-corrected chi connectivity index (χ3v) is 12.8. The smallest absolute Gasteiger partial charge is 0.343 e. The third-order valence-electron chi connectivity index (χ3n) is 12.8. The second-order valence-electron chi connectivity index (χ2n) is 14.9. The number of ether oxygens (including phenoxy) is 8. The van der Waals surface area contributed by atoms with Gasteiger partial charge >= 0.3 is 5.97 Å². The molecular formula is C40H47ClN2O10. The lowest BCUT2D eigenvalue weighted by atomic mass is 9.51. The SMILES string of the molecule is COc1ccc2c(c1OC)C(=O)O[C@@H]2[C@H]1c2c(cc3c(c2OC)OCO3)CCN1C.COc1ccc2c3c1O[C@H]1[C@@H](O)CC[C@H]4[C@@H](C2)N(C)CC[C@@]341.Cl. The molecule has 7 atom stereocenters. The number of rotatable bonds is 5. The van der Waals surface area contributed by atoms with E-state index in [0.717, 1.165) is 73.4 Å². The Labute approximate surface area is 315 Å². The Balaban J connectivity index is 0.000000154. The summed E-state index contributed by atoms with van der Waals surface area (Å²) in [6, 6.07) is 10.3. The topological polar surface area (TPSA) is 118 Å². The molecule has 0 unspecified atom stereocenters. The van der Waals surface area contributed by atoms with Crippen LogP contribution < -0.4 is 33.2 Å². The number of likely N-dealkylation sites (tertiary alicyclic amines) is 1. The van der Waals surface area contributed by atoms with Gasteiger partial charge in [-0.1, -0.05) is 12.1 Å². The summed E-state index contributed by atoms with van der Waals surface area (Å²) in [6.45, 7) is 2.05. The highest BCUT2D eigenvalue weighted by Crippen LogP contribution is 2.64. The van der Waals surface area contributed by atoms with Crippen LogP contribution in [0.25, 0.3) is 0 Å².